The van der Waals surface area contributed by atoms with Gasteiger partial charge in [0.05, 0.1) is 6.04 Å². The molecule has 0 saturated heterocycles. The molecule has 1 rings (SSSR count). The Balaban J connectivity index is 2.71. The van der Waals surface area contributed by atoms with Crippen molar-refractivity contribution >= 4 is 5.91 Å². The number of phenolic OH excluding ortho intramolecular Hbond substituents is 1. The van der Waals surface area contributed by atoms with E-state index in [4.69, 9.17) is 0 Å². The third kappa shape index (κ3) is 4.52. The van der Waals surface area contributed by atoms with Crippen LogP contribution in [0, 0.1) is 5.82 Å². The van der Waals surface area contributed by atoms with Crippen molar-refractivity contribution in [1.29, 1.82) is 0 Å². The number of halogens is 1. The highest BCUT2D eigenvalue weighted by atomic mass is 19.1. The molecular formula is C14H21FN2O2. The van der Waals surface area contributed by atoms with Gasteiger partial charge in [-0.3, -0.25) is 10.1 Å². The summed E-state index contributed by atoms with van der Waals surface area (Å²) in [5.41, 5.74) is 0.434. The number of hydrogen-bond donors (Lipinski definition) is 3. The molecule has 0 fully saturated rings. The van der Waals surface area contributed by atoms with Crippen LogP contribution in [-0.2, 0) is 4.79 Å². The van der Waals surface area contributed by atoms with Crippen LogP contribution in [0.25, 0.3) is 0 Å². The quantitative estimate of drug-likeness (QED) is 0.766. The largest absolute Gasteiger partial charge is 0.508 e. The van der Waals surface area contributed by atoms with Gasteiger partial charge in [-0.15, -0.1) is 0 Å². The number of carbonyl (C=O) groups excluding carboxylic acids is 1. The smallest absolute Gasteiger partial charge is 0.237 e. The number of rotatable bonds is 5. The third-order valence-electron chi connectivity index (χ3n) is 2.78. The van der Waals surface area contributed by atoms with Crippen LogP contribution in [0.3, 0.4) is 0 Å². The van der Waals surface area contributed by atoms with Crippen LogP contribution in [0.1, 0.15) is 39.3 Å². The molecule has 1 amide bonds. The number of benzene rings is 1. The molecule has 1 aromatic carbocycles. The molecule has 0 spiro atoms. The van der Waals surface area contributed by atoms with Gasteiger partial charge in [0.15, 0.2) is 0 Å². The SMILES string of the molecule is CC(C)NC(=O)C(C)NC(C)c1cc(F)ccc1O. The second-order valence-corrected chi connectivity index (χ2v) is 4.98. The van der Waals surface area contributed by atoms with Gasteiger partial charge in [-0.25, -0.2) is 4.39 Å². The summed E-state index contributed by atoms with van der Waals surface area (Å²) >= 11 is 0. The van der Waals surface area contributed by atoms with Gasteiger partial charge in [-0.2, -0.15) is 0 Å². The van der Waals surface area contributed by atoms with Crippen molar-refractivity contribution in [2.45, 2.75) is 45.8 Å². The van der Waals surface area contributed by atoms with E-state index in [9.17, 15) is 14.3 Å². The van der Waals surface area contributed by atoms with Gasteiger partial charge in [-0.1, -0.05) is 0 Å². The van der Waals surface area contributed by atoms with Crippen LogP contribution in [0.4, 0.5) is 4.39 Å². The van der Waals surface area contributed by atoms with Crippen molar-refractivity contribution in [3.05, 3.63) is 29.6 Å². The van der Waals surface area contributed by atoms with Crippen LogP contribution < -0.4 is 10.6 Å². The lowest BCUT2D eigenvalue weighted by atomic mass is 10.1. The maximum Gasteiger partial charge on any atom is 0.237 e. The number of carbonyl (C=O) groups is 1. The zero-order valence-electron chi connectivity index (χ0n) is 11.7. The summed E-state index contributed by atoms with van der Waals surface area (Å²) < 4.78 is 13.2. The third-order valence-corrected chi connectivity index (χ3v) is 2.78. The number of phenols is 1. The number of nitrogens with one attached hydrogen (secondary N) is 2. The van der Waals surface area contributed by atoms with Crippen molar-refractivity contribution in [2.24, 2.45) is 0 Å². The number of hydrogen-bond acceptors (Lipinski definition) is 3. The Bertz CT molecular complexity index is 449. The highest BCUT2D eigenvalue weighted by molar-refractivity contribution is 5.81. The fourth-order valence-electron chi connectivity index (χ4n) is 1.82. The zero-order valence-corrected chi connectivity index (χ0v) is 11.7. The summed E-state index contributed by atoms with van der Waals surface area (Å²) in [6.45, 7) is 7.26. The van der Waals surface area contributed by atoms with Crippen LogP contribution in [0.2, 0.25) is 0 Å². The van der Waals surface area contributed by atoms with Gasteiger partial charge in [0.25, 0.3) is 0 Å². The van der Waals surface area contributed by atoms with Gasteiger partial charge >= 0.3 is 0 Å². The predicted octanol–water partition coefficient (Wildman–Crippen LogP) is 2.10. The van der Waals surface area contributed by atoms with E-state index in [1.165, 1.54) is 18.2 Å². The average molecular weight is 268 g/mol. The molecule has 19 heavy (non-hydrogen) atoms. The lowest BCUT2D eigenvalue weighted by Crippen LogP contribution is -2.45. The monoisotopic (exact) mass is 268 g/mol. The summed E-state index contributed by atoms with van der Waals surface area (Å²) in [4.78, 5) is 11.8. The van der Waals surface area contributed by atoms with E-state index in [0.717, 1.165) is 0 Å². The molecule has 0 heterocycles. The summed E-state index contributed by atoms with van der Waals surface area (Å²) in [5.74, 6) is -0.531. The molecular weight excluding hydrogens is 247 g/mol. The van der Waals surface area contributed by atoms with Gasteiger partial charge < -0.3 is 10.4 Å². The zero-order chi connectivity index (χ0) is 14.6. The Labute approximate surface area is 113 Å². The Morgan fingerprint density at radius 3 is 2.47 bits per heavy atom. The van der Waals surface area contributed by atoms with Crippen molar-refractivity contribution in [2.75, 3.05) is 0 Å². The van der Waals surface area contributed by atoms with Crippen LogP contribution >= 0.6 is 0 Å². The van der Waals surface area contributed by atoms with E-state index < -0.39 is 11.9 Å². The molecule has 0 bridgehead atoms. The molecule has 4 nitrogen and oxygen atoms in total. The first-order chi connectivity index (χ1) is 8.81. The second kappa shape index (κ2) is 6.52. The van der Waals surface area contributed by atoms with Crippen LogP contribution in [0.15, 0.2) is 18.2 Å². The standard InChI is InChI=1S/C14H21FN2O2/c1-8(2)16-14(19)10(4)17-9(3)12-7-11(15)5-6-13(12)18/h5-10,17-18H,1-4H3,(H,16,19). The Hall–Kier alpha value is -1.62. The topological polar surface area (TPSA) is 61.4 Å². The molecule has 0 aliphatic rings. The first-order valence-corrected chi connectivity index (χ1v) is 6.36. The van der Waals surface area contributed by atoms with Crippen molar-refractivity contribution in [1.82, 2.24) is 10.6 Å². The lowest BCUT2D eigenvalue weighted by Gasteiger charge is -2.21. The molecule has 0 aliphatic carbocycles. The molecule has 1 aromatic rings. The van der Waals surface area contributed by atoms with Gasteiger partial charge in [0.1, 0.15) is 11.6 Å². The van der Waals surface area contributed by atoms with E-state index in [2.05, 4.69) is 10.6 Å². The molecule has 106 valence electrons. The Kier molecular flexibility index (Phi) is 5.30. The van der Waals surface area contributed by atoms with Crippen molar-refractivity contribution in [3.63, 3.8) is 0 Å². The maximum absolute atomic E-state index is 13.2. The first kappa shape index (κ1) is 15.4. The predicted molar refractivity (Wildman–Crippen MR) is 72.4 cm³/mol. The Morgan fingerprint density at radius 1 is 1.26 bits per heavy atom. The number of amides is 1. The average Bonchev–Trinajstić information content (AvgIpc) is 2.31. The van der Waals surface area contributed by atoms with E-state index >= 15 is 0 Å². The second-order valence-electron chi connectivity index (χ2n) is 4.98. The molecule has 3 N–H and O–H groups in total. The Morgan fingerprint density at radius 2 is 1.89 bits per heavy atom. The van der Waals surface area contributed by atoms with Gasteiger partial charge in [0, 0.05) is 17.6 Å². The molecule has 0 aliphatic heterocycles. The highest BCUT2D eigenvalue weighted by Gasteiger charge is 2.18. The van der Waals surface area contributed by atoms with E-state index in [1.54, 1.807) is 13.8 Å². The highest BCUT2D eigenvalue weighted by Crippen LogP contribution is 2.24. The minimum Gasteiger partial charge on any atom is -0.508 e. The molecule has 0 aromatic heterocycles. The van der Waals surface area contributed by atoms with E-state index in [0.29, 0.717) is 5.56 Å². The van der Waals surface area contributed by atoms with Crippen LogP contribution in [-0.4, -0.2) is 23.1 Å². The molecule has 2 atom stereocenters. The maximum atomic E-state index is 13.2. The summed E-state index contributed by atoms with van der Waals surface area (Å²) in [6.07, 6.45) is 0. The molecule has 0 saturated carbocycles. The van der Waals surface area contributed by atoms with Crippen molar-refractivity contribution < 1.29 is 14.3 Å². The van der Waals surface area contributed by atoms with E-state index in [-0.39, 0.29) is 23.7 Å². The fraction of sp³-hybridized carbons (Fsp3) is 0.500. The minimum atomic E-state index is -0.430. The molecule has 5 heteroatoms. The summed E-state index contributed by atoms with van der Waals surface area (Å²) in [6, 6.07) is 3.07. The molecule has 2 unspecified atom stereocenters. The van der Waals surface area contributed by atoms with Crippen LogP contribution in [0.5, 0.6) is 5.75 Å². The van der Waals surface area contributed by atoms with Crippen molar-refractivity contribution in [3.8, 4) is 5.75 Å². The first-order valence-electron chi connectivity index (χ1n) is 6.36. The number of aromatic hydroxyl groups is 1. The van der Waals surface area contributed by atoms with Gasteiger partial charge in [0.2, 0.25) is 5.91 Å². The summed E-state index contributed by atoms with van der Waals surface area (Å²) in [7, 11) is 0. The normalized spacial score (nSPS) is 14.2. The van der Waals surface area contributed by atoms with E-state index in [1.807, 2.05) is 13.8 Å². The fourth-order valence-corrected chi connectivity index (χ4v) is 1.82. The summed E-state index contributed by atoms with van der Waals surface area (Å²) in [5, 5.41) is 15.5. The molecule has 0 radical (unpaired) electrons. The minimum absolute atomic E-state index is 0.0119. The van der Waals surface area contributed by atoms with Gasteiger partial charge in [-0.05, 0) is 45.9 Å². The lowest BCUT2D eigenvalue weighted by molar-refractivity contribution is -0.123.